The first-order valence-corrected chi connectivity index (χ1v) is 12.4. The summed E-state index contributed by atoms with van der Waals surface area (Å²) in [4.78, 5) is 11.7. The molecule has 1 heterocycles. The Morgan fingerprint density at radius 3 is 2.35 bits per heavy atom. The summed E-state index contributed by atoms with van der Waals surface area (Å²) in [6.07, 6.45) is 6.95. The summed E-state index contributed by atoms with van der Waals surface area (Å²) in [6, 6.07) is 0. The lowest BCUT2D eigenvalue weighted by atomic mass is 9.44. The van der Waals surface area contributed by atoms with Gasteiger partial charge in [-0.25, -0.2) is 0 Å². The summed E-state index contributed by atoms with van der Waals surface area (Å²) >= 11 is 0. The van der Waals surface area contributed by atoms with Gasteiger partial charge in [-0.05, 0) is 94.3 Å². The van der Waals surface area contributed by atoms with Crippen LogP contribution >= 0.6 is 0 Å². The SMILES string of the molecule is CC(=O)O[C@H]1CC[C@H]2[C@@H]3C[C@H](O)C4CC5(CC[C@]4(C)[C@H]3CC[C@]12C)OCC(C)(C)N5[O]. The third-order valence-electron chi connectivity index (χ3n) is 10.5. The molecule has 0 bridgehead atoms. The molecule has 6 heteroatoms. The minimum absolute atomic E-state index is 0.0105. The number of esters is 1. The van der Waals surface area contributed by atoms with Crippen LogP contribution in [0.5, 0.6) is 0 Å². The molecule has 4 saturated carbocycles. The molecule has 0 aromatic rings. The van der Waals surface area contributed by atoms with Gasteiger partial charge in [-0.15, -0.1) is 10.3 Å². The van der Waals surface area contributed by atoms with E-state index in [1.165, 1.54) is 12.0 Å². The first-order valence-electron chi connectivity index (χ1n) is 12.4. The minimum Gasteiger partial charge on any atom is -0.462 e. The van der Waals surface area contributed by atoms with Gasteiger partial charge in [0.1, 0.15) is 11.8 Å². The molecule has 4 aliphatic carbocycles. The zero-order chi connectivity index (χ0) is 22.4. The highest BCUT2D eigenvalue weighted by Gasteiger charge is 2.66. The fourth-order valence-electron chi connectivity index (χ4n) is 8.88. The number of carbonyl (C=O) groups is 1. The molecule has 1 N–H and O–H groups in total. The van der Waals surface area contributed by atoms with E-state index in [0.717, 1.165) is 44.9 Å². The number of hydrogen-bond acceptors (Lipinski definition) is 5. The van der Waals surface area contributed by atoms with Gasteiger partial charge in [0.25, 0.3) is 0 Å². The summed E-state index contributed by atoms with van der Waals surface area (Å²) in [7, 11) is 0. The van der Waals surface area contributed by atoms with E-state index < -0.39 is 17.4 Å². The Hall–Kier alpha value is -0.690. The van der Waals surface area contributed by atoms with Crippen molar-refractivity contribution in [1.82, 2.24) is 5.06 Å². The van der Waals surface area contributed by atoms with Crippen LogP contribution in [0.15, 0.2) is 0 Å². The van der Waals surface area contributed by atoms with Gasteiger partial charge in [0.05, 0.1) is 18.2 Å². The van der Waals surface area contributed by atoms with Crippen molar-refractivity contribution in [2.24, 2.45) is 34.5 Å². The molecule has 2 unspecified atom stereocenters. The number of carbonyl (C=O) groups excluding carboxylic acids is 1. The number of nitrogens with zero attached hydrogens (tertiary/aromatic N) is 1. The Bertz CT molecular complexity index is 756. The second kappa shape index (κ2) is 6.91. The number of hydroxylamine groups is 2. The van der Waals surface area contributed by atoms with Crippen molar-refractivity contribution in [3.8, 4) is 0 Å². The van der Waals surface area contributed by atoms with E-state index in [9.17, 15) is 15.1 Å². The van der Waals surface area contributed by atoms with Crippen LogP contribution in [0.3, 0.4) is 0 Å². The van der Waals surface area contributed by atoms with E-state index in [-0.39, 0.29) is 28.8 Å². The van der Waals surface area contributed by atoms with Gasteiger partial charge >= 0.3 is 5.97 Å². The maximum Gasteiger partial charge on any atom is 0.302 e. The van der Waals surface area contributed by atoms with Gasteiger partial charge in [-0.2, -0.15) is 0 Å². The minimum atomic E-state index is -0.765. The Labute approximate surface area is 186 Å². The van der Waals surface area contributed by atoms with Crippen LogP contribution in [0.4, 0.5) is 0 Å². The first-order chi connectivity index (χ1) is 14.4. The molecule has 9 atom stereocenters. The molecule has 0 amide bonds. The topological polar surface area (TPSA) is 78.9 Å². The van der Waals surface area contributed by atoms with Gasteiger partial charge < -0.3 is 14.6 Å². The molecule has 1 spiro atoms. The van der Waals surface area contributed by atoms with Crippen LogP contribution in [-0.2, 0) is 19.5 Å². The largest absolute Gasteiger partial charge is 0.462 e. The van der Waals surface area contributed by atoms with Crippen molar-refractivity contribution in [2.45, 2.75) is 109 Å². The van der Waals surface area contributed by atoms with E-state index in [1.54, 1.807) is 0 Å². The average Bonchev–Trinajstić information content (AvgIpc) is 3.13. The van der Waals surface area contributed by atoms with Crippen LogP contribution in [0.1, 0.15) is 86.0 Å². The number of fused-ring (bicyclic) bond motifs is 5. The maximum atomic E-state index is 13.2. The molecular weight excluding hydrogens is 394 g/mol. The van der Waals surface area contributed by atoms with Crippen molar-refractivity contribution in [1.29, 1.82) is 0 Å². The lowest BCUT2D eigenvalue weighted by Gasteiger charge is -2.63. The van der Waals surface area contributed by atoms with Crippen molar-refractivity contribution in [2.75, 3.05) is 6.61 Å². The molecule has 6 nitrogen and oxygen atoms in total. The van der Waals surface area contributed by atoms with Crippen LogP contribution in [0.2, 0.25) is 0 Å². The van der Waals surface area contributed by atoms with Gasteiger partial charge in [-0.1, -0.05) is 13.8 Å². The summed E-state index contributed by atoms with van der Waals surface area (Å²) in [5.74, 6) is 1.44. The summed E-state index contributed by atoms with van der Waals surface area (Å²) in [6.45, 7) is 10.6. The van der Waals surface area contributed by atoms with Crippen LogP contribution < -0.4 is 0 Å². The van der Waals surface area contributed by atoms with Gasteiger partial charge in [0.15, 0.2) is 0 Å². The zero-order valence-electron chi connectivity index (χ0n) is 19.9. The van der Waals surface area contributed by atoms with E-state index in [2.05, 4.69) is 13.8 Å². The molecular formula is C25H40NO5. The van der Waals surface area contributed by atoms with Crippen LogP contribution in [0, 0.1) is 34.5 Å². The molecule has 5 aliphatic rings. The highest BCUT2D eigenvalue weighted by molar-refractivity contribution is 5.66. The Morgan fingerprint density at radius 2 is 1.71 bits per heavy atom. The average molecular weight is 435 g/mol. The molecule has 0 aromatic carbocycles. The predicted octanol–water partition coefficient (Wildman–Crippen LogP) is 4.08. The Morgan fingerprint density at radius 1 is 1.00 bits per heavy atom. The first kappa shape index (κ1) is 22.1. The molecule has 1 saturated heterocycles. The van der Waals surface area contributed by atoms with Crippen molar-refractivity contribution in [3.05, 3.63) is 0 Å². The van der Waals surface area contributed by atoms with E-state index in [0.29, 0.717) is 30.8 Å². The number of hydrogen-bond donors (Lipinski definition) is 1. The summed E-state index contributed by atoms with van der Waals surface area (Å²) in [5, 5.41) is 25.8. The van der Waals surface area contributed by atoms with Crippen LogP contribution in [0.25, 0.3) is 0 Å². The van der Waals surface area contributed by atoms with Gasteiger partial charge in [-0.3, -0.25) is 4.79 Å². The van der Waals surface area contributed by atoms with E-state index in [1.807, 2.05) is 13.8 Å². The predicted molar refractivity (Wildman–Crippen MR) is 114 cm³/mol. The number of aliphatic hydroxyl groups is 1. The molecule has 175 valence electrons. The van der Waals surface area contributed by atoms with Gasteiger partial charge in [0, 0.05) is 12.3 Å². The molecule has 5 rings (SSSR count). The normalized spacial score (nSPS) is 53.6. The Kier molecular flexibility index (Phi) is 4.93. The second-order valence-electron chi connectivity index (χ2n) is 12.6. The molecule has 0 aromatic heterocycles. The summed E-state index contributed by atoms with van der Waals surface area (Å²) in [5.41, 5.74) is -1.21. The third kappa shape index (κ3) is 3.00. The maximum absolute atomic E-state index is 13.2. The standard InChI is InChI=1S/C25H40NO5/c1-15(27)31-21-7-6-17-16-12-20(28)19-13-25(26(29)22(2,3)14-30-25)11-10-23(19,4)18(16)8-9-24(17,21)5/h16-21,28H,6-14H2,1-5H3/t16-,17-,18-,19?,20-,21-,23+,24-,25?/m0/s1. The number of aliphatic hydroxyl groups excluding tert-OH is 1. The van der Waals surface area contributed by atoms with Gasteiger partial charge in [0.2, 0.25) is 0 Å². The smallest absolute Gasteiger partial charge is 0.302 e. The highest BCUT2D eigenvalue weighted by atomic mass is 16.6. The van der Waals surface area contributed by atoms with Crippen LogP contribution in [-0.4, -0.2) is 46.2 Å². The Balaban J connectivity index is 1.40. The molecule has 1 aliphatic heterocycles. The van der Waals surface area contributed by atoms with E-state index >= 15 is 0 Å². The fraction of sp³-hybridized carbons (Fsp3) is 0.960. The second-order valence-corrected chi connectivity index (χ2v) is 12.6. The lowest BCUT2D eigenvalue weighted by Crippen LogP contribution is -2.63. The molecule has 31 heavy (non-hydrogen) atoms. The monoisotopic (exact) mass is 434 g/mol. The lowest BCUT2D eigenvalue weighted by molar-refractivity contribution is -0.321. The molecule has 1 radical (unpaired) electrons. The number of rotatable bonds is 1. The molecule has 5 fully saturated rings. The number of ether oxygens (including phenoxy) is 2. The fourth-order valence-corrected chi connectivity index (χ4v) is 8.88. The highest BCUT2D eigenvalue weighted by Crippen LogP contribution is 2.68. The zero-order valence-corrected chi connectivity index (χ0v) is 19.9. The van der Waals surface area contributed by atoms with Crippen molar-refractivity contribution in [3.63, 3.8) is 0 Å². The van der Waals surface area contributed by atoms with E-state index in [4.69, 9.17) is 9.47 Å². The third-order valence-corrected chi connectivity index (χ3v) is 10.5. The van der Waals surface area contributed by atoms with Crippen molar-refractivity contribution < 1.29 is 24.6 Å². The quantitative estimate of drug-likeness (QED) is 0.629. The summed E-state index contributed by atoms with van der Waals surface area (Å²) < 4.78 is 11.9. The van der Waals surface area contributed by atoms with Crippen molar-refractivity contribution >= 4 is 5.97 Å².